The molecular formula is C14H20F3NO. The van der Waals surface area contributed by atoms with E-state index in [4.69, 9.17) is 4.74 Å². The predicted octanol–water partition coefficient (Wildman–Crippen LogP) is 3.40. The molecule has 1 rings (SSSR count). The number of hydrogen-bond donors (Lipinski definition) is 1. The van der Waals surface area contributed by atoms with Gasteiger partial charge in [-0.05, 0) is 37.1 Å². The van der Waals surface area contributed by atoms with Gasteiger partial charge in [0.15, 0.2) is 17.5 Å². The minimum Gasteiger partial charge on any atom is -0.381 e. The zero-order chi connectivity index (χ0) is 14.1. The predicted molar refractivity (Wildman–Crippen MR) is 68.4 cm³/mol. The average Bonchev–Trinajstić information content (AvgIpc) is 2.39. The highest BCUT2D eigenvalue weighted by Gasteiger charge is 2.09. The van der Waals surface area contributed by atoms with Gasteiger partial charge in [-0.1, -0.05) is 13.3 Å². The highest BCUT2D eigenvalue weighted by Crippen LogP contribution is 2.13. The lowest BCUT2D eigenvalue weighted by molar-refractivity contribution is 0.128. The molecule has 5 heteroatoms. The van der Waals surface area contributed by atoms with Gasteiger partial charge in [0.2, 0.25) is 0 Å². The van der Waals surface area contributed by atoms with Crippen LogP contribution in [0, 0.1) is 17.5 Å². The first-order valence-corrected chi connectivity index (χ1v) is 6.57. The molecule has 0 saturated carbocycles. The Bertz CT molecular complexity index is 362. The summed E-state index contributed by atoms with van der Waals surface area (Å²) in [6.45, 7) is 4.53. The molecule has 0 atom stereocenters. The van der Waals surface area contributed by atoms with Crippen LogP contribution in [0.3, 0.4) is 0 Å². The Kier molecular flexibility index (Phi) is 7.52. The molecule has 1 aromatic rings. The van der Waals surface area contributed by atoms with Gasteiger partial charge in [-0.3, -0.25) is 0 Å². The third kappa shape index (κ3) is 6.07. The minimum atomic E-state index is -1.42. The molecule has 0 radical (unpaired) electrons. The van der Waals surface area contributed by atoms with Crippen molar-refractivity contribution in [2.45, 2.75) is 32.7 Å². The molecule has 0 aromatic heterocycles. The number of benzene rings is 1. The van der Waals surface area contributed by atoms with E-state index in [1.165, 1.54) is 0 Å². The van der Waals surface area contributed by atoms with Gasteiger partial charge in [-0.25, -0.2) is 13.2 Å². The SMILES string of the molecule is CCCCOCCCNCc1cc(F)c(F)c(F)c1. The Hall–Kier alpha value is -1.07. The third-order valence-electron chi connectivity index (χ3n) is 2.66. The smallest absolute Gasteiger partial charge is 0.194 e. The highest BCUT2D eigenvalue weighted by atomic mass is 19.2. The minimum absolute atomic E-state index is 0.309. The first-order valence-electron chi connectivity index (χ1n) is 6.57. The van der Waals surface area contributed by atoms with Crippen LogP contribution in [-0.4, -0.2) is 19.8 Å². The Morgan fingerprint density at radius 1 is 1.05 bits per heavy atom. The largest absolute Gasteiger partial charge is 0.381 e. The summed E-state index contributed by atoms with van der Waals surface area (Å²) < 4.78 is 43.9. The molecule has 0 aliphatic heterocycles. The number of ether oxygens (including phenoxy) is 1. The van der Waals surface area contributed by atoms with E-state index >= 15 is 0 Å². The molecule has 1 N–H and O–H groups in total. The monoisotopic (exact) mass is 275 g/mol. The third-order valence-corrected chi connectivity index (χ3v) is 2.66. The molecule has 0 bridgehead atoms. The molecule has 0 unspecified atom stereocenters. The summed E-state index contributed by atoms with van der Waals surface area (Å²) in [4.78, 5) is 0. The molecule has 0 aliphatic rings. The van der Waals surface area contributed by atoms with Crippen LogP contribution in [0.2, 0.25) is 0 Å². The van der Waals surface area contributed by atoms with E-state index in [2.05, 4.69) is 12.2 Å². The van der Waals surface area contributed by atoms with Crippen molar-refractivity contribution in [2.75, 3.05) is 19.8 Å². The van der Waals surface area contributed by atoms with E-state index in [0.29, 0.717) is 25.3 Å². The lowest BCUT2D eigenvalue weighted by atomic mass is 10.2. The van der Waals surface area contributed by atoms with Crippen molar-refractivity contribution in [1.82, 2.24) is 5.32 Å². The number of nitrogens with one attached hydrogen (secondary N) is 1. The molecule has 19 heavy (non-hydrogen) atoms. The Labute approximate surface area is 112 Å². The van der Waals surface area contributed by atoms with Gasteiger partial charge in [0, 0.05) is 19.8 Å². The zero-order valence-electron chi connectivity index (χ0n) is 11.1. The number of hydrogen-bond acceptors (Lipinski definition) is 2. The highest BCUT2D eigenvalue weighted by molar-refractivity contribution is 5.19. The van der Waals surface area contributed by atoms with Crippen molar-refractivity contribution in [1.29, 1.82) is 0 Å². The first kappa shape index (κ1) is 16.0. The van der Waals surface area contributed by atoms with Gasteiger partial charge in [0.25, 0.3) is 0 Å². The second kappa shape index (κ2) is 8.93. The summed E-state index contributed by atoms with van der Waals surface area (Å²) in [7, 11) is 0. The van der Waals surface area contributed by atoms with E-state index in [-0.39, 0.29) is 0 Å². The maximum Gasteiger partial charge on any atom is 0.194 e. The molecule has 0 aliphatic carbocycles. The molecule has 0 saturated heterocycles. The van der Waals surface area contributed by atoms with Crippen LogP contribution < -0.4 is 5.32 Å². The van der Waals surface area contributed by atoms with E-state index in [1.54, 1.807) is 0 Å². The van der Waals surface area contributed by atoms with Gasteiger partial charge in [0.05, 0.1) is 0 Å². The van der Waals surface area contributed by atoms with Crippen molar-refractivity contribution < 1.29 is 17.9 Å². The molecule has 2 nitrogen and oxygen atoms in total. The summed E-state index contributed by atoms with van der Waals surface area (Å²) >= 11 is 0. The van der Waals surface area contributed by atoms with Crippen LogP contribution in [0.15, 0.2) is 12.1 Å². The average molecular weight is 275 g/mol. The van der Waals surface area contributed by atoms with Gasteiger partial charge in [0.1, 0.15) is 0 Å². The summed E-state index contributed by atoms with van der Waals surface area (Å²) in [5.41, 5.74) is 0.392. The van der Waals surface area contributed by atoms with Crippen LogP contribution in [0.25, 0.3) is 0 Å². The fourth-order valence-corrected chi connectivity index (χ4v) is 1.59. The molecule has 0 spiro atoms. The maximum absolute atomic E-state index is 12.9. The van der Waals surface area contributed by atoms with Crippen molar-refractivity contribution in [3.8, 4) is 0 Å². The number of halogens is 3. The molecular weight excluding hydrogens is 255 g/mol. The topological polar surface area (TPSA) is 21.3 Å². The fraction of sp³-hybridized carbons (Fsp3) is 0.571. The van der Waals surface area contributed by atoms with Gasteiger partial charge >= 0.3 is 0 Å². The molecule has 0 heterocycles. The number of unbranched alkanes of at least 4 members (excludes halogenated alkanes) is 1. The normalized spacial score (nSPS) is 10.9. The van der Waals surface area contributed by atoms with Gasteiger partial charge in [-0.15, -0.1) is 0 Å². The lowest BCUT2D eigenvalue weighted by Gasteiger charge is -2.06. The summed E-state index contributed by atoms with van der Waals surface area (Å²) in [5, 5.41) is 3.03. The second-order valence-electron chi connectivity index (χ2n) is 4.37. The van der Waals surface area contributed by atoms with Crippen LogP contribution >= 0.6 is 0 Å². The molecule has 0 amide bonds. The van der Waals surface area contributed by atoms with Crippen LogP contribution in [0.1, 0.15) is 31.7 Å². The first-order chi connectivity index (χ1) is 9.15. The summed E-state index contributed by atoms with van der Waals surface area (Å²) in [6.07, 6.45) is 3.00. The Morgan fingerprint density at radius 2 is 1.68 bits per heavy atom. The van der Waals surface area contributed by atoms with E-state index < -0.39 is 17.5 Å². The lowest BCUT2D eigenvalue weighted by Crippen LogP contribution is -2.17. The second-order valence-corrected chi connectivity index (χ2v) is 4.37. The number of rotatable bonds is 9. The van der Waals surface area contributed by atoms with Crippen molar-refractivity contribution >= 4 is 0 Å². The van der Waals surface area contributed by atoms with E-state index in [1.807, 2.05) is 0 Å². The Balaban J connectivity index is 2.16. The van der Waals surface area contributed by atoms with Crippen molar-refractivity contribution in [3.63, 3.8) is 0 Å². The van der Waals surface area contributed by atoms with Crippen LogP contribution in [-0.2, 0) is 11.3 Å². The van der Waals surface area contributed by atoms with E-state index in [0.717, 1.165) is 38.0 Å². The maximum atomic E-state index is 12.9. The molecule has 0 fully saturated rings. The Morgan fingerprint density at radius 3 is 2.32 bits per heavy atom. The van der Waals surface area contributed by atoms with E-state index in [9.17, 15) is 13.2 Å². The van der Waals surface area contributed by atoms with Crippen LogP contribution in [0.5, 0.6) is 0 Å². The standard InChI is InChI=1S/C14H20F3NO/c1-2-3-6-19-7-4-5-18-10-11-8-12(15)14(17)13(16)9-11/h8-9,18H,2-7,10H2,1H3. The van der Waals surface area contributed by atoms with Gasteiger partial charge < -0.3 is 10.1 Å². The van der Waals surface area contributed by atoms with Crippen molar-refractivity contribution in [2.24, 2.45) is 0 Å². The summed E-state index contributed by atoms with van der Waals surface area (Å²) in [6, 6.07) is 2.01. The van der Waals surface area contributed by atoms with Crippen molar-refractivity contribution in [3.05, 3.63) is 35.1 Å². The van der Waals surface area contributed by atoms with Gasteiger partial charge in [-0.2, -0.15) is 0 Å². The fourth-order valence-electron chi connectivity index (χ4n) is 1.59. The van der Waals surface area contributed by atoms with Crippen LogP contribution in [0.4, 0.5) is 13.2 Å². The molecule has 108 valence electrons. The quantitative estimate of drug-likeness (QED) is 0.551. The summed E-state index contributed by atoms with van der Waals surface area (Å²) in [5.74, 6) is -3.73. The zero-order valence-corrected chi connectivity index (χ0v) is 11.1. The molecule has 1 aromatic carbocycles.